The van der Waals surface area contributed by atoms with E-state index in [4.69, 9.17) is 0 Å². The van der Waals surface area contributed by atoms with E-state index in [0.29, 0.717) is 12.1 Å². The lowest BCUT2D eigenvalue weighted by Gasteiger charge is -2.17. The number of halogens is 1. The summed E-state index contributed by atoms with van der Waals surface area (Å²) < 4.78 is 1.02. The number of hydrogen-bond acceptors (Lipinski definition) is 2. The van der Waals surface area contributed by atoms with Crippen LogP contribution in [0.2, 0.25) is 0 Å². The quantitative estimate of drug-likeness (QED) is 0.841. The number of hydrogen-bond donors (Lipinski definition) is 1. The molecule has 0 spiro atoms. The van der Waals surface area contributed by atoms with Crippen LogP contribution >= 0.6 is 15.9 Å². The third-order valence-electron chi connectivity index (χ3n) is 4.03. The van der Waals surface area contributed by atoms with Crippen LogP contribution in [0.5, 0.6) is 0 Å². The first-order chi connectivity index (χ1) is 11.5. The lowest BCUT2D eigenvalue weighted by Crippen LogP contribution is -2.26. The first-order valence-electron chi connectivity index (χ1n) is 7.94. The third-order valence-corrected chi connectivity index (χ3v) is 4.56. The van der Waals surface area contributed by atoms with Gasteiger partial charge in [0.1, 0.15) is 0 Å². The highest BCUT2D eigenvalue weighted by atomic mass is 79.9. The lowest BCUT2D eigenvalue weighted by atomic mass is 10.1. The van der Waals surface area contributed by atoms with Gasteiger partial charge in [-0.15, -0.1) is 0 Å². The maximum absolute atomic E-state index is 12.5. The SMILES string of the molecule is CN(Cc1ccc(Br)cc1)C(=O)c1ccc(NC(=O)C2CC2)cc1. The van der Waals surface area contributed by atoms with Gasteiger partial charge in [-0.05, 0) is 54.8 Å². The van der Waals surface area contributed by atoms with Gasteiger partial charge in [0.15, 0.2) is 0 Å². The molecule has 2 aromatic rings. The molecule has 0 heterocycles. The van der Waals surface area contributed by atoms with Crippen LogP contribution in [0.15, 0.2) is 53.0 Å². The molecule has 0 unspecified atom stereocenters. The van der Waals surface area contributed by atoms with Crippen LogP contribution in [0.3, 0.4) is 0 Å². The summed E-state index contributed by atoms with van der Waals surface area (Å²) in [7, 11) is 1.78. The minimum Gasteiger partial charge on any atom is -0.337 e. The molecule has 1 aliphatic carbocycles. The Morgan fingerprint density at radius 3 is 2.29 bits per heavy atom. The topological polar surface area (TPSA) is 49.4 Å². The van der Waals surface area contributed by atoms with Crippen LogP contribution in [0.4, 0.5) is 5.69 Å². The van der Waals surface area contributed by atoms with Crippen molar-refractivity contribution in [3.05, 3.63) is 64.1 Å². The van der Waals surface area contributed by atoms with Gasteiger partial charge in [-0.25, -0.2) is 0 Å². The van der Waals surface area contributed by atoms with Crippen molar-refractivity contribution < 1.29 is 9.59 Å². The molecule has 0 radical (unpaired) electrons. The molecule has 0 aromatic heterocycles. The Bertz CT molecular complexity index is 737. The second-order valence-corrected chi connectivity index (χ2v) is 7.04. The number of rotatable bonds is 5. The molecular weight excluding hydrogens is 368 g/mol. The molecule has 1 N–H and O–H groups in total. The number of anilines is 1. The van der Waals surface area contributed by atoms with Gasteiger partial charge in [-0.1, -0.05) is 28.1 Å². The van der Waals surface area contributed by atoms with E-state index in [2.05, 4.69) is 21.2 Å². The summed E-state index contributed by atoms with van der Waals surface area (Å²) in [4.78, 5) is 25.9. The molecule has 124 valence electrons. The Morgan fingerprint density at radius 2 is 1.71 bits per heavy atom. The summed E-state index contributed by atoms with van der Waals surface area (Å²) in [6, 6.07) is 15.0. The zero-order chi connectivity index (χ0) is 17.1. The molecule has 24 heavy (non-hydrogen) atoms. The Labute approximate surface area is 150 Å². The maximum Gasteiger partial charge on any atom is 0.253 e. The van der Waals surface area contributed by atoms with Crippen LogP contribution in [-0.4, -0.2) is 23.8 Å². The van der Waals surface area contributed by atoms with Gasteiger partial charge in [0.2, 0.25) is 5.91 Å². The molecule has 4 nitrogen and oxygen atoms in total. The highest BCUT2D eigenvalue weighted by molar-refractivity contribution is 9.10. The molecule has 1 fully saturated rings. The number of carbonyl (C=O) groups excluding carboxylic acids is 2. The van der Waals surface area contributed by atoms with Crippen molar-refractivity contribution in [1.82, 2.24) is 4.90 Å². The number of nitrogens with one attached hydrogen (secondary N) is 1. The average molecular weight is 387 g/mol. The summed E-state index contributed by atoms with van der Waals surface area (Å²) in [5, 5.41) is 2.88. The zero-order valence-corrected chi connectivity index (χ0v) is 15.0. The minimum absolute atomic E-state index is 0.0435. The van der Waals surface area contributed by atoms with Crippen molar-refractivity contribution in [2.75, 3.05) is 12.4 Å². The van der Waals surface area contributed by atoms with Gasteiger partial charge in [-0.2, -0.15) is 0 Å². The lowest BCUT2D eigenvalue weighted by molar-refractivity contribution is -0.117. The predicted molar refractivity (Wildman–Crippen MR) is 97.7 cm³/mol. The molecule has 0 bridgehead atoms. The highest BCUT2D eigenvalue weighted by Crippen LogP contribution is 2.30. The number of amides is 2. The molecule has 5 heteroatoms. The molecule has 3 rings (SSSR count). The fraction of sp³-hybridized carbons (Fsp3) is 0.263. The van der Waals surface area contributed by atoms with Crippen molar-refractivity contribution in [2.24, 2.45) is 5.92 Å². The second kappa shape index (κ2) is 7.18. The molecule has 2 aromatic carbocycles. The molecular formula is C19H19BrN2O2. The Kier molecular flexibility index (Phi) is 5.00. The summed E-state index contributed by atoms with van der Waals surface area (Å²) >= 11 is 3.40. The van der Waals surface area contributed by atoms with E-state index in [1.807, 2.05) is 24.3 Å². The normalized spacial score (nSPS) is 13.4. The van der Waals surface area contributed by atoms with Gasteiger partial charge in [0.05, 0.1) is 0 Å². The monoisotopic (exact) mass is 386 g/mol. The fourth-order valence-corrected chi connectivity index (χ4v) is 2.71. The molecule has 1 saturated carbocycles. The van der Waals surface area contributed by atoms with Crippen LogP contribution in [0, 0.1) is 5.92 Å². The number of carbonyl (C=O) groups is 2. The summed E-state index contributed by atoms with van der Waals surface area (Å²) in [5.74, 6) is 0.197. The molecule has 1 aliphatic rings. The highest BCUT2D eigenvalue weighted by Gasteiger charge is 2.29. The van der Waals surface area contributed by atoms with E-state index in [9.17, 15) is 9.59 Å². The van der Waals surface area contributed by atoms with Crippen LogP contribution in [0.1, 0.15) is 28.8 Å². The number of nitrogens with zero attached hydrogens (tertiary/aromatic N) is 1. The fourth-order valence-electron chi connectivity index (χ4n) is 2.44. The maximum atomic E-state index is 12.5. The van der Waals surface area contributed by atoms with Crippen LogP contribution in [0.25, 0.3) is 0 Å². The first kappa shape index (κ1) is 16.7. The molecule has 0 atom stereocenters. The molecule has 2 amide bonds. The molecule has 0 saturated heterocycles. The largest absolute Gasteiger partial charge is 0.337 e. The zero-order valence-electron chi connectivity index (χ0n) is 13.5. The predicted octanol–water partition coefficient (Wildman–Crippen LogP) is 4.07. The smallest absolute Gasteiger partial charge is 0.253 e. The summed E-state index contributed by atoms with van der Waals surface area (Å²) in [6.45, 7) is 0.548. The van der Waals surface area contributed by atoms with E-state index < -0.39 is 0 Å². The standard InChI is InChI=1S/C19H19BrN2O2/c1-22(12-13-2-8-16(20)9-3-13)19(24)15-6-10-17(11-7-15)21-18(23)14-4-5-14/h2-3,6-11,14H,4-5,12H2,1H3,(H,21,23). The van der Waals surface area contributed by atoms with Gasteiger partial charge in [-0.3, -0.25) is 9.59 Å². The Balaban J connectivity index is 1.61. The van der Waals surface area contributed by atoms with E-state index in [-0.39, 0.29) is 17.7 Å². The van der Waals surface area contributed by atoms with Gasteiger partial charge < -0.3 is 10.2 Å². The minimum atomic E-state index is -0.0435. The van der Waals surface area contributed by atoms with E-state index in [1.165, 1.54) is 0 Å². The Morgan fingerprint density at radius 1 is 1.08 bits per heavy atom. The third kappa shape index (κ3) is 4.23. The second-order valence-electron chi connectivity index (χ2n) is 6.13. The van der Waals surface area contributed by atoms with Crippen molar-refractivity contribution >= 4 is 33.4 Å². The Hall–Kier alpha value is -2.14. The van der Waals surface area contributed by atoms with Crippen LogP contribution in [-0.2, 0) is 11.3 Å². The van der Waals surface area contributed by atoms with E-state index >= 15 is 0 Å². The summed E-state index contributed by atoms with van der Waals surface area (Å²) in [6.07, 6.45) is 1.95. The van der Waals surface area contributed by atoms with Gasteiger partial charge >= 0.3 is 0 Å². The molecule has 0 aliphatic heterocycles. The van der Waals surface area contributed by atoms with E-state index in [1.54, 1.807) is 36.2 Å². The van der Waals surface area contributed by atoms with Crippen molar-refractivity contribution in [3.63, 3.8) is 0 Å². The van der Waals surface area contributed by atoms with E-state index in [0.717, 1.165) is 28.6 Å². The van der Waals surface area contributed by atoms with Gasteiger partial charge in [0.25, 0.3) is 5.91 Å². The average Bonchev–Trinajstić information content (AvgIpc) is 3.42. The van der Waals surface area contributed by atoms with Crippen molar-refractivity contribution in [3.8, 4) is 0 Å². The van der Waals surface area contributed by atoms with Gasteiger partial charge in [0, 0.05) is 35.2 Å². The summed E-state index contributed by atoms with van der Waals surface area (Å²) in [5.41, 5.74) is 2.42. The van der Waals surface area contributed by atoms with Crippen molar-refractivity contribution in [1.29, 1.82) is 0 Å². The van der Waals surface area contributed by atoms with Crippen molar-refractivity contribution in [2.45, 2.75) is 19.4 Å². The van der Waals surface area contributed by atoms with Crippen LogP contribution < -0.4 is 5.32 Å². The first-order valence-corrected chi connectivity index (χ1v) is 8.73. The number of benzene rings is 2.